The molecule has 0 atom stereocenters. The van der Waals surface area contributed by atoms with Crippen LogP contribution in [0, 0.1) is 0 Å². The molecule has 0 saturated heterocycles. The SMILES string of the molecule is C=CCc1cc(OC)c2oc(=O)c(C(C)=O)cc2c1. The van der Waals surface area contributed by atoms with Gasteiger partial charge in [0.25, 0.3) is 0 Å². The summed E-state index contributed by atoms with van der Waals surface area (Å²) in [7, 11) is 1.51. The molecule has 4 heteroatoms. The standard InChI is InChI=1S/C15H14O4/c1-4-5-10-6-11-8-12(9(2)16)15(17)19-14(11)13(7-10)18-3/h4,6-8H,1,5H2,2-3H3. The zero-order chi connectivity index (χ0) is 14.0. The minimum atomic E-state index is -0.644. The molecule has 2 rings (SSSR count). The lowest BCUT2D eigenvalue weighted by atomic mass is 10.1. The molecule has 1 aromatic carbocycles. The van der Waals surface area contributed by atoms with E-state index in [0.29, 0.717) is 23.1 Å². The molecule has 0 radical (unpaired) electrons. The summed E-state index contributed by atoms with van der Waals surface area (Å²) in [6.45, 7) is 5.02. The summed E-state index contributed by atoms with van der Waals surface area (Å²) in [5, 5.41) is 0.668. The molecular weight excluding hydrogens is 244 g/mol. The van der Waals surface area contributed by atoms with Gasteiger partial charge in [-0.2, -0.15) is 0 Å². The molecule has 4 nitrogen and oxygen atoms in total. The van der Waals surface area contributed by atoms with E-state index in [4.69, 9.17) is 9.15 Å². The normalized spacial score (nSPS) is 10.4. The van der Waals surface area contributed by atoms with Gasteiger partial charge in [0.15, 0.2) is 17.1 Å². The Morgan fingerprint density at radius 2 is 2.16 bits per heavy atom. The number of hydrogen-bond acceptors (Lipinski definition) is 4. The van der Waals surface area contributed by atoms with Crippen molar-refractivity contribution in [3.8, 4) is 5.75 Å². The molecule has 0 aliphatic carbocycles. The molecular formula is C15H14O4. The fraction of sp³-hybridized carbons (Fsp3) is 0.200. The predicted molar refractivity (Wildman–Crippen MR) is 72.9 cm³/mol. The molecule has 0 aliphatic rings. The van der Waals surface area contributed by atoms with Crippen LogP contribution >= 0.6 is 0 Å². The highest BCUT2D eigenvalue weighted by molar-refractivity contribution is 5.97. The van der Waals surface area contributed by atoms with E-state index in [1.165, 1.54) is 14.0 Å². The molecule has 19 heavy (non-hydrogen) atoms. The van der Waals surface area contributed by atoms with Gasteiger partial charge < -0.3 is 9.15 Å². The minimum Gasteiger partial charge on any atom is -0.493 e. The maximum absolute atomic E-state index is 11.7. The molecule has 0 saturated carbocycles. The van der Waals surface area contributed by atoms with Crippen molar-refractivity contribution in [3.05, 3.63) is 52.4 Å². The fourth-order valence-corrected chi connectivity index (χ4v) is 1.94. The van der Waals surface area contributed by atoms with Crippen molar-refractivity contribution in [2.45, 2.75) is 13.3 Å². The number of carbonyl (C=O) groups is 1. The van der Waals surface area contributed by atoms with Crippen molar-refractivity contribution < 1.29 is 13.9 Å². The Morgan fingerprint density at radius 3 is 2.74 bits per heavy atom. The summed E-state index contributed by atoms with van der Waals surface area (Å²) >= 11 is 0. The first-order valence-corrected chi connectivity index (χ1v) is 5.83. The second kappa shape index (κ2) is 5.10. The third kappa shape index (κ3) is 2.42. The van der Waals surface area contributed by atoms with Crippen LogP contribution in [0.5, 0.6) is 5.75 Å². The summed E-state index contributed by atoms with van der Waals surface area (Å²) < 4.78 is 10.4. The number of methoxy groups -OCH3 is 1. The second-order valence-corrected chi connectivity index (χ2v) is 4.21. The summed E-state index contributed by atoms with van der Waals surface area (Å²) in [5.41, 5.74) is 0.730. The maximum atomic E-state index is 11.7. The number of benzene rings is 1. The van der Waals surface area contributed by atoms with Crippen LogP contribution in [-0.2, 0) is 6.42 Å². The minimum absolute atomic E-state index is 0.0466. The van der Waals surface area contributed by atoms with Gasteiger partial charge in [0.2, 0.25) is 0 Å². The Kier molecular flexibility index (Phi) is 3.51. The molecule has 0 aliphatic heterocycles. The topological polar surface area (TPSA) is 56.5 Å². The third-order valence-electron chi connectivity index (χ3n) is 2.84. The van der Waals surface area contributed by atoms with E-state index in [-0.39, 0.29) is 11.3 Å². The lowest BCUT2D eigenvalue weighted by molar-refractivity contribution is 0.101. The number of carbonyl (C=O) groups excluding carboxylic acids is 1. The van der Waals surface area contributed by atoms with Gasteiger partial charge in [0.05, 0.1) is 7.11 Å². The first-order chi connectivity index (χ1) is 9.06. The number of ether oxygens (including phenoxy) is 1. The third-order valence-corrected chi connectivity index (χ3v) is 2.84. The molecule has 0 spiro atoms. The van der Waals surface area contributed by atoms with Crippen molar-refractivity contribution in [3.63, 3.8) is 0 Å². The van der Waals surface area contributed by atoms with E-state index >= 15 is 0 Å². The van der Waals surface area contributed by atoms with Gasteiger partial charge >= 0.3 is 5.63 Å². The molecule has 2 aromatic rings. The molecule has 0 amide bonds. The van der Waals surface area contributed by atoms with E-state index in [0.717, 1.165) is 5.56 Å². The Labute approximate surface area is 110 Å². The second-order valence-electron chi connectivity index (χ2n) is 4.21. The lowest BCUT2D eigenvalue weighted by Crippen LogP contribution is -2.11. The van der Waals surface area contributed by atoms with Crippen LogP contribution in [0.25, 0.3) is 11.0 Å². The van der Waals surface area contributed by atoms with Crippen molar-refractivity contribution in [2.24, 2.45) is 0 Å². The molecule has 0 bridgehead atoms. The number of allylic oxidation sites excluding steroid dienone is 1. The molecule has 98 valence electrons. The molecule has 0 fully saturated rings. The smallest absolute Gasteiger partial charge is 0.347 e. The quantitative estimate of drug-likeness (QED) is 0.480. The maximum Gasteiger partial charge on any atom is 0.347 e. The average molecular weight is 258 g/mol. The van der Waals surface area contributed by atoms with Gasteiger partial charge in [-0.15, -0.1) is 6.58 Å². The molecule has 1 heterocycles. The van der Waals surface area contributed by atoms with Gasteiger partial charge in [-0.25, -0.2) is 4.79 Å². The van der Waals surface area contributed by atoms with Crippen LogP contribution in [0.15, 0.2) is 40.1 Å². The Balaban J connectivity index is 2.79. The van der Waals surface area contributed by atoms with Gasteiger partial charge in [0.1, 0.15) is 5.56 Å². The van der Waals surface area contributed by atoms with Gasteiger partial charge in [-0.1, -0.05) is 6.08 Å². The van der Waals surface area contributed by atoms with Crippen molar-refractivity contribution in [1.82, 2.24) is 0 Å². The number of hydrogen-bond donors (Lipinski definition) is 0. The highest BCUT2D eigenvalue weighted by atomic mass is 16.5. The highest BCUT2D eigenvalue weighted by Crippen LogP contribution is 2.27. The van der Waals surface area contributed by atoms with Crippen LogP contribution < -0.4 is 10.4 Å². The first kappa shape index (κ1) is 13.1. The van der Waals surface area contributed by atoms with Gasteiger partial charge in [0, 0.05) is 5.39 Å². The Morgan fingerprint density at radius 1 is 1.42 bits per heavy atom. The Bertz CT molecular complexity index is 710. The van der Waals surface area contributed by atoms with Crippen molar-refractivity contribution in [2.75, 3.05) is 7.11 Å². The first-order valence-electron chi connectivity index (χ1n) is 5.83. The van der Waals surface area contributed by atoms with Gasteiger partial charge in [-0.3, -0.25) is 4.79 Å². The van der Waals surface area contributed by atoms with Crippen molar-refractivity contribution >= 4 is 16.8 Å². The largest absolute Gasteiger partial charge is 0.493 e. The highest BCUT2D eigenvalue weighted by Gasteiger charge is 2.13. The summed E-state index contributed by atoms with van der Waals surface area (Å²) in [5.74, 6) is 0.158. The van der Waals surface area contributed by atoms with Crippen LogP contribution in [-0.4, -0.2) is 12.9 Å². The molecule has 0 unspecified atom stereocenters. The monoisotopic (exact) mass is 258 g/mol. The number of fused-ring (bicyclic) bond motifs is 1. The van der Waals surface area contributed by atoms with Crippen LogP contribution in [0.2, 0.25) is 0 Å². The fourth-order valence-electron chi connectivity index (χ4n) is 1.94. The molecule has 0 N–H and O–H groups in total. The lowest BCUT2D eigenvalue weighted by Gasteiger charge is -2.07. The predicted octanol–water partition coefficient (Wildman–Crippen LogP) is 2.73. The van der Waals surface area contributed by atoms with E-state index in [9.17, 15) is 9.59 Å². The zero-order valence-electron chi connectivity index (χ0n) is 10.9. The van der Waals surface area contributed by atoms with E-state index < -0.39 is 5.63 Å². The summed E-state index contributed by atoms with van der Waals surface area (Å²) in [4.78, 5) is 23.1. The summed E-state index contributed by atoms with van der Waals surface area (Å²) in [6.07, 6.45) is 2.44. The summed E-state index contributed by atoms with van der Waals surface area (Å²) in [6, 6.07) is 5.19. The zero-order valence-corrected chi connectivity index (χ0v) is 10.9. The van der Waals surface area contributed by atoms with E-state index in [1.54, 1.807) is 18.2 Å². The van der Waals surface area contributed by atoms with E-state index in [2.05, 4.69) is 6.58 Å². The van der Waals surface area contributed by atoms with Crippen molar-refractivity contribution in [1.29, 1.82) is 0 Å². The Hall–Kier alpha value is -2.36. The van der Waals surface area contributed by atoms with Gasteiger partial charge in [-0.05, 0) is 37.1 Å². The molecule has 1 aromatic heterocycles. The average Bonchev–Trinajstić information content (AvgIpc) is 2.37. The number of ketones is 1. The van der Waals surface area contributed by atoms with Crippen LogP contribution in [0.1, 0.15) is 22.8 Å². The number of rotatable bonds is 4. The van der Waals surface area contributed by atoms with Crippen LogP contribution in [0.4, 0.5) is 0 Å². The number of Topliss-reactive ketones (excluding diaryl/α,β-unsaturated/α-hetero) is 1. The van der Waals surface area contributed by atoms with E-state index in [1.807, 2.05) is 6.07 Å². The van der Waals surface area contributed by atoms with Crippen LogP contribution in [0.3, 0.4) is 0 Å².